The number of carbonyl (C=O) groups excluding carboxylic acids is 9. The molecule has 0 aromatic carbocycles. The molecule has 10 atom stereocenters. The molecule has 0 saturated carbocycles. The van der Waals surface area contributed by atoms with Crippen molar-refractivity contribution in [3.05, 3.63) is 0 Å². The molecular weight excluding hydrogens is 815 g/mol. The number of rotatable bonds is 25. The van der Waals surface area contributed by atoms with Crippen molar-refractivity contribution in [3.8, 4) is 0 Å². The van der Waals surface area contributed by atoms with Crippen molar-refractivity contribution in [3.63, 3.8) is 0 Å². The number of phosphoric ester groups is 1. The Morgan fingerprint density at radius 3 is 1.81 bits per heavy atom. The van der Waals surface area contributed by atoms with E-state index in [1.807, 2.05) is 10.6 Å². The molecule has 1 aliphatic rings. The topological polar surface area (TPSA) is 455 Å². The smallest absolute Gasteiger partial charge is 0.394 e. The van der Waals surface area contributed by atoms with Gasteiger partial charge in [0.2, 0.25) is 53.2 Å². The zero-order chi connectivity index (χ0) is 45.4. The highest BCUT2D eigenvalue weighted by Crippen LogP contribution is 2.35. The number of aliphatic hydroxyl groups excluding tert-OH is 4. The Bertz CT molecular complexity index is 1580. The van der Waals surface area contributed by atoms with Gasteiger partial charge in [-0.1, -0.05) is 0 Å². The van der Waals surface area contributed by atoms with Gasteiger partial charge in [0.05, 0.1) is 44.1 Å². The molecule has 27 nitrogen and oxygen atoms in total. The van der Waals surface area contributed by atoms with Crippen LogP contribution in [-0.2, 0) is 52.2 Å². The van der Waals surface area contributed by atoms with Gasteiger partial charge in [0, 0.05) is 19.4 Å². The average Bonchev–Trinajstić information content (AvgIpc) is 3.64. The monoisotopic (exact) mass is 870 g/mol. The number of likely N-dealkylation sites (tertiary alicyclic amines) is 1. The van der Waals surface area contributed by atoms with E-state index in [9.17, 15) is 77.9 Å². The van der Waals surface area contributed by atoms with E-state index in [4.69, 9.17) is 17.2 Å². The van der Waals surface area contributed by atoms with Crippen molar-refractivity contribution in [2.75, 3.05) is 26.4 Å². The maximum Gasteiger partial charge on any atom is 0.469 e. The van der Waals surface area contributed by atoms with Gasteiger partial charge in [-0.25, -0.2) is 4.57 Å². The number of hydrogen-bond acceptors (Lipinski definition) is 16. The highest BCUT2D eigenvalue weighted by molar-refractivity contribution is 7.46. The third-order valence-corrected chi connectivity index (χ3v) is 9.10. The van der Waals surface area contributed by atoms with Gasteiger partial charge in [-0.2, -0.15) is 0 Å². The number of hydrogen-bond donors (Lipinski definition) is 15. The SMILES string of the molecule is C[C@H](NC(=O)[C@@H](N)CCC(N)=O)C(=O)N[C@@H](CO)C(=O)N[C@H](C(=O)N[C@@H](COP(=O)(O)O)C(=O)N[C@H](C(=O)N1CCC[C@H]1C(=O)N[C@H](CO)CC(N)=O)[C@@H](C)O)[C@@H](C)O. The summed E-state index contributed by atoms with van der Waals surface area (Å²) in [4.78, 5) is 133. The first-order valence-electron chi connectivity index (χ1n) is 18.1. The van der Waals surface area contributed by atoms with Crippen LogP contribution in [0.1, 0.15) is 52.9 Å². The summed E-state index contributed by atoms with van der Waals surface area (Å²) < 4.78 is 15.9. The molecule has 1 rings (SSSR count). The molecule has 336 valence electrons. The predicted molar refractivity (Wildman–Crippen MR) is 198 cm³/mol. The number of primary amides is 2. The van der Waals surface area contributed by atoms with Gasteiger partial charge in [-0.05, 0) is 40.0 Å². The van der Waals surface area contributed by atoms with Crippen molar-refractivity contribution >= 4 is 61.0 Å². The van der Waals surface area contributed by atoms with E-state index in [0.717, 1.165) is 18.7 Å². The second-order valence-corrected chi connectivity index (χ2v) is 14.9. The van der Waals surface area contributed by atoms with Crippen molar-refractivity contribution < 1.29 is 82.5 Å². The molecule has 0 bridgehead atoms. The summed E-state index contributed by atoms with van der Waals surface area (Å²) in [5.41, 5.74) is 15.8. The quantitative estimate of drug-likeness (QED) is 0.0379. The summed E-state index contributed by atoms with van der Waals surface area (Å²) in [6.07, 6.45) is -3.90. The Morgan fingerprint density at radius 2 is 1.31 bits per heavy atom. The van der Waals surface area contributed by atoms with Crippen LogP contribution < -0.4 is 49.1 Å². The highest BCUT2D eigenvalue weighted by Gasteiger charge is 2.41. The molecule has 1 heterocycles. The molecule has 59 heavy (non-hydrogen) atoms. The van der Waals surface area contributed by atoms with E-state index in [-0.39, 0.29) is 32.2 Å². The van der Waals surface area contributed by atoms with E-state index in [1.165, 1.54) is 6.92 Å². The fraction of sp³-hybridized carbons (Fsp3) is 0.710. The fourth-order valence-electron chi connectivity index (χ4n) is 5.41. The van der Waals surface area contributed by atoms with E-state index < -0.39 is 148 Å². The van der Waals surface area contributed by atoms with Crippen molar-refractivity contribution in [1.29, 1.82) is 0 Å². The van der Waals surface area contributed by atoms with E-state index in [2.05, 4.69) is 25.8 Å². The minimum atomic E-state index is -5.35. The van der Waals surface area contributed by atoms with Gasteiger partial charge in [-0.15, -0.1) is 0 Å². The summed E-state index contributed by atoms with van der Waals surface area (Å²) >= 11 is 0. The molecule has 1 fully saturated rings. The number of nitrogens with one attached hydrogen (secondary N) is 6. The zero-order valence-electron chi connectivity index (χ0n) is 32.4. The lowest BCUT2D eigenvalue weighted by Gasteiger charge is -2.32. The Kier molecular flexibility index (Phi) is 21.5. The van der Waals surface area contributed by atoms with Crippen LogP contribution in [0.3, 0.4) is 0 Å². The second-order valence-electron chi connectivity index (χ2n) is 13.6. The number of nitrogens with zero attached hydrogens (tertiary/aromatic N) is 1. The summed E-state index contributed by atoms with van der Waals surface area (Å²) in [6, 6.07) is -12.7. The lowest BCUT2D eigenvalue weighted by atomic mass is 10.1. The molecule has 1 saturated heterocycles. The molecule has 28 heteroatoms. The molecular formula is C31H55N10O17P. The molecule has 0 unspecified atom stereocenters. The van der Waals surface area contributed by atoms with Gasteiger partial charge in [0.15, 0.2) is 0 Å². The Labute approximate surface area is 337 Å². The van der Waals surface area contributed by atoms with Crippen LogP contribution in [0.15, 0.2) is 0 Å². The van der Waals surface area contributed by atoms with Gasteiger partial charge in [0.25, 0.3) is 0 Å². The Hall–Kier alpha value is -4.86. The largest absolute Gasteiger partial charge is 0.469 e. The summed E-state index contributed by atoms with van der Waals surface area (Å²) in [6.45, 7) is 0.174. The standard InChI is InChI=1S/C31H55N10O17P/c1-13(35-26(49)17(32)6-7-21(33)46)25(48)37-18(11-43)27(50)39-23(14(2)44)30(53)38-19(12-58-59(55,56)57)28(51)40-24(15(3)45)31(54)41-8-4-5-20(41)29(52)36-16(10-42)9-22(34)47/h13-20,23-24,42-45H,4-12,32H2,1-3H3,(H2,33,46)(H2,34,47)(H,35,49)(H,36,52)(H,37,48)(H,38,53)(H,39,50)(H,40,51)(H2,55,56,57)/t13-,14+,15+,16-,17-,18-,19-,20-,23-,24-/m0/s1. The Balaban J connectivity index is 3.18. The average molecular weight is 871 g/mol. The number of nitrogens with two attached hydrogens (primary N) is 3. The molecule has 9 amide bonds. The second kappa shape index (κ2) is 24.3. The lowest BCUT2D eigenvalue weighted by molar-refractivity contribution is -0.144. The van der Waals surface area contributed by atoms with E-state index in [1.54, 1.807) is 0 Å². The molecule has 0 aromatic heterocycles. The first kappa shape index (κ1) is 52.2. The number of amides is 9. The summed E-state index contributed by atoms with van der Waals surface area (Å²) in [5.74, 6) is -9.32. The maximum atomic E-state index is 13.6. The summed E-state index contributed by atoms with van der Waals surface area (Å²) in [7, 11) is -5.35. The number of phosphoric acid groups is 1. The minimum absolute atomic E-state index is 0.0533. The van der Waals surface area contributed by atoms with Crippen molar-refractivity contribution in [2.45, 2.75) is 113 Å². The highest BCUT2D eigenvalue weighted by atomic mass is 31.2. The van der Waals surface area contributed by atoms with Gasteiger partial charge < -0.3 is 84.2 Å². The lowest BCUT2D eigenvalue weighted by Crippen LogP contribution is -2.63. The van der Waals surface area contributed by atoms with Crippen molar-refractivity contribution in [2.24, 2.45) is 17.2 Å². The molecule has 18 N–H and O–H groups in total. The predicted octanol–water partition coefficient (Wildman–Crippen LogP) is -8.77. The normalized spacial score (nSPS) is 18.6. The summed E-state index contributed by atoms with van der Waals surface area (Å²) in [5, 5.41) is 53.1. The van der Waals surface area contributed by atoms with Crippen LogP contribution in [0.5, 0.6) is 0 Å². The first-order valence-corrected chi connectivity index (χ1v) is 19.6. The zero-order valence-corrected chi connectivity index (χ0v) is 33.3. The van der Waals surface area contributed by atoms with Crippen LogP contribution in [0.2, 0.25) is 0 Å². The van der Waals surface area contributed by atoms with Crippen LogP contribution in [0, 0.1) is 0 Å². The third kappa shape index (κ3) is 17.9. The first-order chi connectivity index (χ1) is 27.3. The van der Waals surface area contributed by atoms with Crippen LogP contribution in [0.4, 0.5) is 0 Å². The Morgan fingerprint density at radius 1 is 0.746 bits per heavy atom. The molecule has 1 aliphatic heterocycles. The maximum absolute atomic E-state index is 13.6. The van der Waals surface area contributed by atoms with Gasteiger partial charge >= 0.3 is 7.82 Å². The van der Waals surface area contributed by atoms with E-state index >= 15 is 0 Å². The number of aliphatic hydroxyl groups is 4. The van der Waals surface area contributed by atoms with Crippen LogP contribution in [0.25, 0.3) is 0 Å². The number of carbonyl (C=O) groups is 9. The molecule has 0 aromatic rings. The van der Waals surface area contributed by atoms with Gasteiger partial charge in [-0.3, -0.25) is 47.7 Å². The third-order valence-electron chi connectivity index (χ3n) is 8.61. The van der Waals surface area contributed by atoms with Crippen molar-refractivity contribution in [1.82, 2.24) is 36.8 Å². The fourth-order valence-corrected chi connectivity index (χ4v) is 5.75. The van der Waals surface area contributed by atoms with Crippen LogP contribution >= 0.6 is 7.82 Å². The molecule has 0 aliphatic carbocycles. The minimum Gasteiger partial charge on any atom is -0.394 e. The van der Waals surface area contributed by atoms with Gasteiger partial charge in [0.1, 0.15) is 36.3 Å². The molecule has 0 radical (unpaired) electrons. The van der Waals surface area contributed by atoms with Crippen LogP contribution in [-0.4, -0.2) is 175 Å². The molecule has 0 spiro atoms. The van der Waals surface area contributed by atoms with E-state index in [0.29, 0.717) is 0 Å².